The molecule has 0 spiro atoms. The van der Waals surface area contributed by atoms with E-state index in [0.717, 1.165) is 103 Å². The molecule has 0 bridgehead atoms. The summed E-state index contributed by atoms with van der Waals surface area (Å²) in [5, 5.41) is 28.9. The van der Waals surface area contributed by atoms with Crippen LogP contribution in [0.3, 0.4) is 0 Å². The van der Waals surface area contributed by atoms with Gasteiger partial charge in [0.1, 0.15) is 18.7 Å². The molecule has 23 heteroatoms. The van der Waals surface area contributed by atoms with Crippen LogP contribution in [0.5, 0.6) is 0 Å². The first-order valence-electron chi connectivity index (χ1n) is 28.3. The summed E-state index contributed by atoms with van der Waals surface area (Å²) in [5.74, 6) is -1.50. The summed E-state index contributed by atoms with van der Waals surface area (Å²) in [6.45, 7) is 14.9. The van der Waals surface area contributed by atoms with Crippen molar-refractivity contribution in [3.05, 3.63) is 100 Å². The Morgan fingerprint density at radius 1 is 0.819 bits per heavy atom. The molecule has 1 saturated carbocycles. The summed E-state index contributed by atoms with van der Waals surface area (Å²) in [5.41, 5.74) is 5.56. The van der Waals surface area contributed by atoms with Crippen molar-refractivity contribution in [2.75, 3.05) is 104 Å². The van der Waals surface area contributed by atoms with Crippen LogP contribution in [0.25, 0.3) is 21.5 Å². The SMILES string of the molecule is C.Cc1ncsc1-c1ccc(CNC(=O)[C@@H]2C[C@@H](O)CN2C(=O)[C@@H](NC(=O)COCCOCCOCCOCCN2CCN(Cc3ccc4c(c3)nc(NC(=O)c3cccc(C(F)(F)F)c3)n4C3CCC(CO)CC3)CC2)C(C)(C)C)cc1. The Labute approximate surface area is 488 Å². The molecule has 5 aromatic rings. The van der Waals surface area contributed by atoms with Crippen LogP contribution in [0.1, 0.15) is 99.1 Å². The number of rotatable bonds is 26. The fraction of sp³-hybridized carbons (Fsp3) is 0.567. The zero-order chi connectivity index (χ0) is 58.4. The lowest BCUT2D eigenvalue weighted by molar-refractivity contribution is -0.144. The van der Waals surface area contributed by atoms with E-state index in [1.165, 1.54) is 17.0 Å². The molecule has 2 saturated heterocycles. The predicted molar refractivity (Wildman–Crippen MR) is 311 cm³/mol. The molecule has 454 valence electrons. The van der Waals surface area contributed by atoms with Crippen molar-refractivity contribution >= 4 is 51.9 Å². The van der Waals surface area contributed by atoms with Crippen LogP contribution in [0, 0.1) is 18.3 Å². The van der Waals surface area contributed by atoms with Crippen molar-refractivity contribution in [2.45, 2.75) is 111 Å². The number of anilines is 1. The lowest BCUT2D eigenvalue weighted by Crippen LogP contribution is -2.58. The Bertz CT molecular complexity index is 2900. The van der Waals surface area contributed by atoms with Gasteiger partial charge in [-0.1, -0.05) is 64.6 Å². The summed E-state index contributed by atoms with van der Waals surface area (Å²) >= 11 is 1.57. The molecular weight excluding hydrogens is 1100 g/mol. The molecule has 5 N–H and O–H groups in total. The molecule has 2 aliphatic heterocycles. The Morgan fingerprint density at radius 2 is 1.47 bits per heavy atom. The Balaban J connectivity index is 0.00000990. The van der Waals surface area contributed by atoms with Crippen LogP contribution < -0.4 is 16.0 Å². The molecule has 3 atom stereocenters. The molecule has 4 amide bonds. The third-order valence-corrected chi connectivity index (χ3v) is 16.3. The van der Waals surface area contributed by atoms with Crippen LogP contribution in [0.15, 0.2) is 72.2 Å². The summed E-state index contributed by atoms with van der Waals surface area (Å²) in [4.78, 5) is 70.1. The van der Waals surface area contributed by atoms with Crippen LogP contribution in [0.2, 0.25) is 0 Å². The summed E-state index contributed by atoms with van der Waals surface area (Å²) in [6.07, 6.45) is -2.20. The van der Waals surface area contributed by atoms with Gasteiger partial charge in [-0.3, -0.25) is 34.3 Å². The molecule has 1 aliphatic carbocycles. The number of aliphatic hydroxyl groups is 2. The predicted octanol–water partition coefficient (Wildman–Crippen LogP) is 7.09. The molecule has 4 heterocycles. The minimum absolute atomic E-state index is 0. The number of nitrogens with one attached hydrogen (secondary N) is 3. The lowest BCUT2D eigenvalue weighted by atomic mass is 9.85. The van der Waals surface area contributed by atoms with E-state index in [4.69, 9.17) is 23.9 Å². The fourth-order valence-electron chi connectivity index (χ4n) is 10.7. The Hall–Kier alpha value is -5.89. The smallest absolute Gasteiger partial charge is 0.396 e. The van der Waals surface area contributed by atoms with E-state index >= 15 is 0 Å². The van der Waals surface area contributed by atoms with Crippen LogP contribution in [-0.2, 0) is 52.6 Å². The van der Waals surface area contributed by atoms with Crippen LogP contribution in [0.4, 0.5) is 19.1 Å². The Morgan fingerprint density at radius 3 is 2.11 bits per heavy atom. The monoisotopic (exact) mass is 1180 g/mol. The normalized spacial score (nSPS) is 19.4. The first kappa shape index (κ1) is 64.7. The zero-order valence-corrected chi connectivity index (χ0v) is 48.1. The number of ether oxygens (including phenoxy) is 4. The number of fused-ring (bicyclic) bond motifs is 1. The van der Waals surface area contributed by atoms with Crippen molar-refractivity contribution in [1.82, 2.24) is 39.9 Å². The molecule has 8 rings (SSSR count). The topological polar surface area (TPSA) is 222 Å². The number of halogens is 3. The number of aryl methyl sites for hydroxylation is 1. The third-order valence-electron chi connectivity index (χ3n) is 15.4. The maximum Gasteiger partial charge on any atom is 0.416 e. The summed E-state index contributed by atoms with van der Waals surface area (Å²) in [6, 6.07) is 16.4. The van der Waals surface area contributed by atoms with E-state index in [9.17, 15) is 42.6 Å². The van der Waals surface area contributed by atoms with Gasteiger partial charge >= 0.3 is 6.18 Å². The van der Waals surface area contributed by atoms with E-state index in [2.05, 4.69) is 36.8 Å². The first-order valence-corrected chi connectivity index (χ1v) is 29.1. The molecule has 83 heavy (non-hydrogen) atoms. The quantitative estimate of drug-likeness (QED) is 0.0349. The number of alkyl halides is 3. The van der Waals surface area contributed by atoms with Crippen molar-refractivity contribution < 1.29 is 61.5 Å². The van der Waals surface area contributed by atoms with Crippen molar-refractivity contribution in [2.24, 2.45) is 11.3 Å². The van der Waals surface area contributed by atoms with Gasteiger partial charge in [0.25, 0.3) is 5.91 Å². The number of benzene rings is 3. The minimum atomic E-state index is -4.58. The van der Waals surface area contributed by atoms with Crippen LogP contribution in [-0.4, -0.2) is 180 Å². The molecule has 0 radical (unpaired) electrons. The number of imidazole rings is 1. The van der Waals surface area contributed by atoms with Crippen molar-refractivity contribution in [3.8, 4) is 10.4 Å². The zero-order valence-electron chi connectivity index (χ0n) is 47.3. The summed E-state index contributed by atoms with van der Waals surface area (Å²) in [7, 11) is 0. The Kier molecular flexibility index (Phi) is 23.6. The maximum atomic E-state index is 14.0. The van der Waals surface area contributed by atoms with Crippen molar-refractivity contribution in [1.29, 1.82) is 0 Å². The highest BCUT2D eigenvalue weighted by Crippen LogP contribution is 2.38. The number of aromatic nitrogens is 3. The van der Waals surface area contributed by atoms with E-state index in [-0.39, 0.29) is 76.8 Å². The third kappa shape index (κ3) is 18.1. The highest BCUT2D eigenvalue weighted by atomic mass is 32.1. The lowest BCUT2D eigenvalue weighted by Gasteiger charge is -2.35. The highest BCUT2D eigenvalue weighted by molar-refractivity contribution is 7.13. The van der Waals surface area contributed by atoms with Gasteiger partial charge in [-0.2, -0.15) is 13.2 Å². The van der Waals surface area contributed by atoms with Gasteiger partial charge in [-0.15, -0.1) is 11.3 Å². The average Bonchev–Trinajstić information content (AvgIpc) is 4.37. The number of hydrogen-bond donors (Lipinski definition) is 5. The van der Waals surface area contributed by atoms with Crippen LogP contribution >= 0.6 is 11.3 Å². The van der Waals surface area contributed by atoms with E-state index in [0.29, 0.717) is 51.0 Å². The molecule has 2 aromatic heterocycles. The number of hydrogen-bond acceptors (Lipinski definition) is 15. The maximum absolute atomic E-state index is 14.0. The molecule has 3 aliphatic rings. The van der Waals surface area contributed by atoms with E-state index in [1.54, 1.807) is 16.8 Å². The van der Waals surface area contributed by atoms with Gasteiger partial charge in [0.15, 0.2) is 0 Å². The number of carbonyl (C=O) groups is 4. The molecule has 3 fully saturated rings. The van der Waals surface area contributed by atoms with E-state index < -0.39 is 53.1 Å². The fourth-order valence-corrected chi connectivity index (χ4v) is 11.5. The number of amides is 4. The first-order chi connectivity index (χ1) is 39.3. The van der Waals surface area contributed by atoms with Crippen molar-refractivity contribution in [3.63, 3.8) is 0 Å². The molecule has 0 unspecified atom stereocenters. The molecular formula is C60H82F3N9O10S. The van der Waals surface area contributed by atoms with Gasteiger partial charge in [-0.25, -0.2) is 9.97 Å². The van der Waals surface area contributed by atoms with Gasteiger partial charge in [-0.05, 0) is 91.0 Å². The van der Waals surface area contributed by atoms with Gasteiger partial charge in [0.2, 0.25) is 23.7 Å². The standard InChI is InChI=1S/C59H78F3N9O10S.CH4/c1-39-52(82-38-64-39)43-13-8-40(9-14-43)33-63-55(76)50-32-47(73)35-70(50)56(77)53(58(2,3)4)66-51(74)37-81-29-28-80-27-26-79-25-24-78-23-22-68-18-20-69(21-19-68)34-42-12-17-49-48(30-42)65-57(71(49)46-15-10-41(36-72)11-16-46)67-54(75)44-6-5-7-45(31-44)59(60,61)62;/h5-9,12-14,17,30-31,38,41,46-47,50,53,72-73H,10-11,15-16,18-29,32-37H2,1-4H3,(H,63,76)(H,66,74)(H,65,67,75);1H4/t41?,46?,47-,50+,53-;/m1./s1. The second-order valence-electron chi connectivity index (χ2n) is 22.5. The highest BCUT2D eigenvalue weighted by Gasteiger charge is 2.44. The van der Waals surface area contributed by atoms with Gasteiger partial charge in [0.05, 0.1) is 85.0 Å². The number of β-amino-alcohol motifs (C(OH)–C–C–N with tert-alkyl or cyclic N) is 1. The number of aliphatic hydroxyl groups excluding tert-OH is 2. The van der Waals surface area contributed by atoms with Gasteiger partial charge in [0, 0.05) is 77.0 Å². The average molecular weight is 1180 g/mol. The molecule has 19 nitrogen and oxygen atoms in total. The number of piperazine rings is 1. The second kappa shape index (κ2) is 30.3. The second-order valence-corrected chi connectivity index (χ2v) is 23.3. The number of nitrogens with zero attached hydrogens (tertiary/aromatic N) is 6. The van der Waals surface area contributed by atoms with Gasteiger partial charge < -0.3 is 49.3 Å². The number of likely N-dealkylation sites (tertiary alicyclic amines) is 1. The number of carbonyl (C=O) groups excluding carboxylic acids is 4. The largest absolute Gasteiger partial charge is 0.416 e. The number of thiazole rings is 1. The summed E-state index contributed by atoms with van der Waals surface area (Å²) < 4.78 is 65.1. The van der Waals surface area contributed by atoms with E-state index in [1.807, 2.05) is 68.7 Å². The minimum Gasteiger partial charge on any atom is -0.396 e. The molecule has 3 aromatic carbocycles.